The van der Waals surface area contributed by atoms with E-state index in [1.807, 2.05) is 0 Å². The molecule has 7 heteroatoms. The lowest BCUT2D eigenvalue weighted by molar-refractivity contribution is -0.135. The summed E-state index contributed by atoms with van der Waals surface area (Å²) in [4.78, 5) is 4.02. The fraction of sp³-hybridized carbons (Fsp3) is 0.417. The molecule has 0 saturated heterocycles. The summed E-state index contributed by atoms with van der Waals surface area (Å²) in [5.41, 5.74) is 0.614. The quantitative estimate of drug-likeness (QED) is 0.608. The van der Waals surface area contributed by atoms with Gasteiger partial charge in [0.25, 0.3) is 0 Å². The van der Waals surface area contributed by atoms with E-state index in [-0.39, 0.29) is 24.4 Å². The molecule has 1 aromatic carbocycles. The van der Waals surface area contributed by atoms with Gasteiger partial charge >= 0.3 is 6.18 Å². The van der Waals surface area contributed by atoms with Crippen molar-refractivity contribution in [3.63, 3.8) is 0 Å². The topological polar surface area (TPSA) is 17.8 Å². The molecule has 0 aliphatic heterocycles. The van der Waals surface area contributed by atoms with Crippen molar-refractivity contribution in [3.8, 4) is 0 Å². The molecule has 0 amide bonds. The lowest BCUT2D eigenvalue weighted by Crippen LogP contribution is -2.10. The number of imidazole rings is 1. The SMILES string of the molecule is Fc1cccc2c1nc(CCl)n2CCCC(F)(F)F. The fourth-order valence-corrected chi connectivity index (χ4v) is 2.15. The van der Waals surface area contributed by atoms with Crippen LogP contribution in [0.3, 0.4) is 0 Å². The van der Waals surface area contributed by atoms with E-state index >= 15 is 0 Å². The molecule has 1 heterocycles. The summed E-state index contributed by atoms with van der Waals surface area (Å²) in [6.07, 6.45) is -5.16. The Labute approximate surface area is 112 Å². The van der Waals surface area contributed by atoms with Crippen molar-refractivity contribution in [3.05, 3.63) is 29.8 Å². The zero-order valence-corrected chi connectivity index (χ0v) is 10.6. The van der Waals surface area contributed by atoms with Gasteiger partial charge in [-0.2, -0.15) is 13.2 Å². The van der Waals surface area contributed by atoms with Crippen LogP contribution in [0.5, 0.6) is 0 Å². The van der Waals surface area contributed by atoms with Gasteiger partial charge in [-0.15, -0.1) is 11.6 Å². The van der Waals surface area contributed by atoms with Crippen LogP contribution in [-0.4, -0.2) is 15.7 Å². The Morgan fingerprint density at radius 1 is 1.26 bits per heavy atom. The summed E-state index contributed by atoms with van der Waals surface area (Å²) in [6.45, 7) is 0.113. The number of aryl methyl sites for hydroxylation is 1. The van der Waals surface area contributed by atoms with E-state index in [0.29, 0.717) is 11.3 Å². The van der Waals surface area contributed by atoms with Crippen molar-refractivity contribution in [2.24, 2.45) is 0 Å². The third-order valence-corrected chi connectivity index (χ3v) is 3.01. The average Bonchev–Trinajstić information content (AvgIpc) is 2.68. The number of fused-ring (bicyclic) bond motifs is 1. The third-order valence-electron chi connectivity index (χ3n) is 2.77. The molecule has 0 spiro atoms. The Morgan fingerprint density at radius 2 is 2.00 bits per heavy atom. The maximum Gasteiger partial charge on any atom is 0.389 e. The van der Waals surface area contributed by atoms with E-state index in [9.17, 15) is 17.6 Å². The molecule has 2 nitrogen and oxygen atoms in total. The van der Waals surface area contributed by atoms with Crippen molar-refractivity contribution in [2.75, 3.05) is 0 Å². The van der Waals surface area contributed by atoms with Crippen molar-refractivity contribution >= 4 is 22.6 Å². The molecule has 0 aliphatic carbocycles. The van der Waals surface area contributed by atoms with E-state index in [1.54, 1.807) is 6.07 Å². The van der Waals surface area contributed by atoms with Gasteiger partial charge in [0.05, 0.1) is 11.4 Å². The van der Waals surface area contributed by atoms with Gasteiger partial charge in [-0.25, -0.2) is 9.37 Å². The molecule has 0 saturated carbocycles. The van der Waals surface area contributed by atoms with Gasteiger partial charge in [-0.1, -0.05) is 6.07 Å². The van der Waals surface area contributed by atoms with Crippen molar-refractivity contribution < 1.29 is 17.6 Å². The Balaban J connectivity index is 2.28. The first-order chi connectivity index (χ1) is 8.92. The monoisotopic (exact) mass is 294 g/mol. The Kier molecular flexibility index (Phi) is 3.99. The Bertz CT molecular complexity index is 577. The van der Waals surface area contributed by atoms with E-state index in [1.165, 1.54) is 16.7 Å². The first-order valence-corrected chi connectivity index (χ1v) is 6.22. The molecular formula is C12H11ClF4N2. The number of rotatable bonds is 4. The highest BCUT2D eigenvalue weighted by molar-refractivity contribution is 6.16. The minimum atomic E-state index is -4.19. The number of benzene rings is 1. The van der Waals surface area contributed by atoms with Crippen molar-refractivity contribution in [1.82, 2.24) is 9.55 Å². The predicted octanol–water partition coefficient (Wildman–Crippen LogP) is 4.26. The zero-order chi connectivity index (χ0) is 14.0. The zero-order valence-electron chi connectivity index (χ0n) is 9.84. The third kappa shape index (κ3) is 3.18. The van der Waals surface area contributed by atoms with E-state index in [2.05, 4.69) is 4.98 Å². The minimum Gasteiger partial charge on any atom is -0.327 e. The summed E-state index contributed by atoms with van der Waals surface area (Å²) in [5, 5.41) is 0. The first kappa shape index (κ1) is 14.1. The van der Waals surface area contributed by atoms with Crippen LogP contribution in [0.1, 0.15) is 18.7 Å². The number of alkyl halides is 4. The summed E-state index contributed by atoms with van der Waals surface area (Å²) in [5.74, 6) is -0.0949. The summed E-state index contributed by atoms with van der Waals surface area (Å²) >= 11 is 5.70. The molecule has 1 aromatic heterocycles. The second-order valence-corrected chi connectivity index (χ2v) is 4.41. The molecular weight excluding hydrogens is 284 g/mol. The summed E-state index contributed by atoms with van der Waals surface area (Å²) < 4.78 is 51.5. The Hall–Kier alpha value is -1.30. The number of hydrogen-bond acceptors (Lipinski definition) is 1. The predicted molar refractivity (Wildman–Crippen MR) is 64.5 cm³/mol. The lowest BCUT2D eigenvalue weighted by atomic mass is 10.2. The molecule has 104 valence electrons. The van der Waals surface area contributed by atoms with Crippen LogP contribution in [0.25, 0.3) is 11.0 Å². The van der Waals surface area contributed by atoms with Gasteiger partial charge in [-0.05, 0) is 18.6 Å². The van der Waals surface area contributed by atoms with Crippen LogP contribution >= 0.6 is 11.6 Å². The van der Waals surface area contributed by atoms with Gasteiger partial charge in [0.1, 0.15) is 11.3 Å². The van der Waals surface area contributed by atoms with E-state index in [0.717, 1.165) is 0 Å². The average molecular weight is 295 g/mol. The fourth-order valence-electron chi connectivity index (χ4n) is 1.95. The number of halogens is 5. The van der Waals surface area contributed by atoms with Crippen LogP contribution in [0, 0.1) is 5.82 Å². The molecule has 0 radical (unpaired) electrons. The van der Waals surface area contributed by atoms with Gasteiger partial charge in [0.2, 0.25) is 0 Å². The molecule has 0 bridgehead atoms. The van der Waals surface area contributed by atoms with Gasteiger partial charge in [-0.3, -0.25) is 0 Å². The molecule has 0 aliphatic rings. The van der Waals surface area contributed by atoms with Crippen molar-refractivity contribution in [1.29, 1.82) is 0 Å². The van der Waals surface area contributed by atoms with Crippen LogP contribution in [0.2, 0.25) is 0 Å². The minimum absolute atomic E-state index is 0.0279. The summed E-state index contributed by atoms with van der Waals surface area (Å²) in [7, 11) is 0. The first-order valence-electron chi connectivity index (χ1n) is 5.68. The number of hydrogen-bond donors (Lipinski definition) is 0. The van der Waals surface area contributed by atoms with Crippen LogP contribution < -0.4 is 0 Å². The number of nitrogens with zero attached hydrogens (tertiary/aromatic N) is 2. The van der Waals surface area contributed by atoms with E-state index < -0.39 is 18.4 Å². The second-order valence-electron chi connectivity index (χ2n) is 4.14. The van der Waals surface area contributed by atoms with Crippen LogP contribution in [-0.2, 0) is 12.4 Å². The molecule has 0 atom stereocenters. The molecule has 0 unspecified atom stereocenters. The van der Waals surface area contributed by atoms with Gasteiger partial charge in [0.15, 0.2) is 5.82 Å². The van der Waals surface area contributed by atoms with E-state index in [4.69, 9.17) is 11.6 Å². The van der Waals surface area contributed by atoms with Crippen molar-refractivity contribution in [2.45, 2.75) is 31.4 Å². The maximum absolute atomic E-state index is 13.5. The van der Waals surface area contributed by atoms with Gasteiger partial charge < -0.3 is 4.57 Å². The van der Waals surface area contributed by atoms with Gasteiger partial charge in [0, 0.05) is 13.0 Å². The molecule has 2 rings (SSSR count). The van der Waals surface area contributed by atoms with Crippen LogP contribution in [0.15, 0.2) is 18.2 Å². The van der Waals surface area contributed by atoms with Crippen LogP contribution in [0.4, 0.5) is 17.6 Å². The molecule has 19 heavy (non-hydrogen) atoms. The highest BCUT2D eigenvalue weighted by atomic mass is 35.5. The largest absolute Gasteiger partial charge is 0.389 e. The summed E-state index contributed by atoms with van der Waals surface area (Å²) in [6, 6.07) is 4.38. The standard InChI is InChI=1S/C12H11ClF4N2/c13-7-10-18-11-8(14)3-1-4-9(11)19(10)6-2-5-12(15,16)17/h1,3-4H,2,5-7H2. The second kappa shape index (κ2) is 5.36. The highest BCUT2D eigenvalue weighted by Gasteiger charge is 2.26. The number of aromatic nitrogens is 2. The Morgan fingerprint density at radius 3 is 2.63 bits per heavy atom. The normalized spacial score (nSPS) is 12.3. The maximum atomic E-state index is 13.5. The highest BCUT2D eigenvalue weighted by Crippen LogP contribution is 2.24. The molecule has 0 fully saturated rings. The number of para-hydroxylation sites is 1. The smallest absolute Gasteiger partial charge is 0.327 e. The lowest BCUT2D eigenvalue weighted by Gasteiger charge is -2.09. The molecule has 0 N–H and O–H groups in total. The molecule has 2 aromatic rings.